The number of nitrogens with one attached hydrogen (secondary N) is 5. The molecule has 2 rings (SSSR count). The number of aromatic amines is 2. The highest BCUT2D eigenvalue weighted by atomic mass is 16.4. The van der Waals surface area contributed by atoms with E-state index < -0.39 is 47.9 Å². The standard InChI is InChI=1S/C21H33N9O5/c1-12(23)18(31)29-16(6-13-8-24-10-26-13)20(33)28-15(4-2-3-5-22)19(32)30-17(21(34)35)7-14-9-25-11-27-14/h8-12,15-17H,2-7,22-23H2,1H3,(H,24,26)(H,25,27)(H,28,33)(H,29,31)(H,30,32)(H,34,35). The molecule has 0 fully saturated rings. The Balaban J connectivity index is 2.15. The minimum absolute atomic E-state index is 0.0164. The normalized spacial score (nSPS) is 14.4. The van der Waals surface area contributed by atoms with E-state index in [9.17, 15) is 24.3 Å². The summed E-state index contributed by atoms with van der Waals surface area (Å²) in [5.41, 5.74) is 12.3. The lowest BCUT2D eigenvalue weighted by atomic mass is 10.0. The zero-order valence-electron chi connectivity index (χ0n) is 19.5. The topological polar surface area (TPSA) is 234 Å². The molecule has 4 atom stereocenters. The minimum Gasteiger partial charge on any atom is -0.480 e. The third-order valence-corrected chi connectivity index (χ3v) is 5.20. The van der Waals surface area contributed by atoms with Crippen molar-refractivity contribution < 1.29 is 24.3 Å². The number of imidazole rings is 2. The third kappa shape index (κ3) is 9.17. The number of carbonyl (C=O) groups excluding carboxylic acids is 3. The summed E-state index contributed by atoms with van der Waals surface area (Å²) in [7, 11) is 0. The number of rotatable bonds is 15. The largest absolute Gasteiger partial charge is 0.480 e. The Morgan fingerprint density at radius 3 is 1.89 bits per heavy atom. The van der Waals surface area contributed by atoms with Crippen LogP contribution in [-0.2, 0) is 32.0 Å². The highest BCUT2D eigenvalue weighted by molar-refractivity contribution is 5.94. The number of aromatic nitrogens is 4. The van der Waals surface area contributed by atoms with Crippen LogP contribution in [0, 0.1) is 0 Å². The summed E-state index contributed by atoms with van der Waals surface area (Å²) in [6, 6.07) is -4.18. The van der Waals surface area contributed by atoms with Gasteiger partial charge >= 0.3 is 5.97 Å². The number of carboxylic acid groups (broad SMARTS) is 1. The summed E-state index contributed by atoms with van der Waals surface area (Å²) in [5.74, 6) is -3.07. The number of hydrogen-bond donors (Lipinski definition) is 8. The molecule has 0 aliphatic heterocycles. The highest BCUT2D eigenvalue weighted by Crippen LogP contribution is 2.06. The Kier molecular flexibility index (Phi) is 10.8. The summed E-state index contributed by atoms with van der Waals surface area (Å²) in [6.07, 6.45) is 7.23. The van der Waals surface area contributed by atoms with Gasteiger partial charge in [-0.05, 0) is 32.7 Å². The number of nitrogens with two attached hydrogens (primary N) is 2. The average molecular weight is 492 g/mol. The second kappa shape index (κ2) is 13.8. The van der Waals surface area contributed by atoms with Crippen molar-refractivity contribution in [1.82, 2.24) is 35.9 Å². The van der Waals surface area contributed by atoms with Crippen molar-refractivity contribution in [2.24, 2.45) is 11.5 Å². The van der Waals surface area contributed by atoms with E-state index in [1.807, 2.05) is 0 Å². The summed E-state index contributed by atoms with van der Waals surface area (Å²) in [5, 5.41) is 17.3. The van der Waals surface area contributed by atoms with Crippen LogP contribution in [-0.4, -0.2) is 79.4 Å². The van der Waals surface area contributed by atoms with E-state index in [-0.39, 0.29) is 19.3 Å². The van der Waals surface area contributed by atoms with Crippen molar-refractivity contribution in [3.63, 3.8) is 0 Å². The van der Waals surface area contributed by atoms with Crippen LogP contribution in [0.3, 0.4) is 0 Å². The van der Waals surface area contributed by atoms with Crippen LogP contribution in [0.5, 0.6) is 0 Å². The quantitative estimate of drug-likeness (QED) is 0.128. The van der Waals surface area contributed by atoms with Crippen LogP contribution >= 0.6 is 0 Å². The molecule has 0 bridgehead atoms. The first-order valence-corrected chi connectivity index (χ1v) is 11.2. The summed E-state index contributed by atoms with van der Waals surface area (Å²) < 4.78 is 0. The lowest BCUT2D eigenvalue weighted by Crippen LogP contribution is -2.57. The molecule has 2 aromatic heterocycles. The fourth-order valence-corrected chi connectivity index (χ4v) is 3.25. The number of carbonyl (C=O) groups is 4. The van der Waals surface area contributed by atoms with Gasteiger partial charge in [-0.2, -0.15) is 0 Å². The monoisotopic (exact) mass is 491 g/mol. The van der Waals surface area contributed by atoms with Crippen molar-refractivity contribution in [2.75, 3.05) is 6.54 Å². The lowest BCUT2D eigenvalue weighted by molar-refractivity contribution is -0.142. The number of H-pyrrole nitrogens is 2. The van der Waals surface area contributed by atoms with E-state index >= 15 is 0 Å². The van der Waals surface area contributed by atoms with Gasteiger partial charge in [0.2, 0.25) is 17.7 Å². The molecule has 35 heavy (non-hydrogen) atoms. The fraction of sp³-hybridized carbons (Fsp3) is 0.524. The molecule has 0 saturated carbocycles. The molecule has 0 saturated heterocycles. The average Bonchev–Trinajstić information content (AvgIpc) is 3.51. The first kappa shape index (κ1) is 27.5. The van der Waals surface area contributed by atoms with E-state index in [2.05, 4.69) is 35.9 Å². The van der Waals surface area contributed by atoms with Crippen LogP contribution in [0.25, 0.3) is 0 Å². The van der Waals surface area contributed by atoms with Gasteiger partial charge < -0.3 is 42.5 Å². The van der Waals surface area contributed by atoms with Gasteiger partial charge in [-0.15, -0.1) is 0 Å². The van der Waals surface area contributed by atoms with Gasteiger partial charge in [-0.1, -0.05) is 0 Å². The molecule has 0 spiro atoms. The number of carboxylic acids is 1. The van der Waals surface area contributed by atoms with Crippen LogP contribution in [0.2, 0.25) is 0 Å². The minimum atomic E-state index is -1.24. The van der Waals surface area contributed by atoms with Crippen molar-refractivity contribution in [1.29, 1.82) is 0 Å². The maximum absolute atomic E-state index is 13.1. The van der Waals surface area contributed by atoms with Crippen molar-refractivity contribution in [3.05, 3.63) is 36.4 Å². The second-order valence-corrected chi connectivity index (χ2v) is 8.16. The fourth-order valence-electron chi connectivity index (χ4n) is 3.25. The molecule has 0 aliphatic carbocycles. The molecule has 10 N–H and O–H groups in total. The lowest BCUT2D eigenvalue weighted by Gasteiger charge is -2.25. The second-order valence-electron chi connectivity index (χ2n) is 8.16. The molecule has 14 heteroatoms. The van der Waals surface area contributed by atoms with E-state index in [1.54, 1.807) is 0 Å². The molecule has 14 nitrogen and oxygen atoms in total. The number of amides is 3. The summed E-state index contributed by atoms with van der Waals surface area (Å²) in [6.45, 7) is 1.88. The van der Waals surface area contributed by atoms with Crippen molar-refractivity contribution >= 4 is 23.7 Å². The Labute approximate surface area is 202 Å². The SMILES string of the molecule is CC(N)C(=O)NC(Cc1cnc[nH]1)C(=O)NC(CCCCN)C(=O)NC(Cc1cnc[nH]1)C(=O)O. The molecular weight excluding hydrogens is 458 g/mol. The maximum atomic E-state index is 13.1. The molecule has 4 unspecified atom stereocenters. The number of hydrogen-bond acceptors (Lipinski definition) is 8. The van der Waals surface area contributed by atoms with E-state index in [0.29, 0.717) is 30.8 Å². The van der Waals surface area contributed by atoms with Crippen LogP contribution in [0.15, 0.2) is 25.0 Å². The van der Waals surface area contributed by atoms with Crippen molar-refractivity contribution in [3.8, 4) is 0 Å². The Morgan fingerprint density at radius 2 is 1.40 bits per heavy atom. The maximum Gasteiger partial charge on any atom is 0.326 e. The summed E-state index contributed by atoms with van der Waals surface area (Å²) >= 11 is 0. The number of nitrogens with zero attached hydrogens (tertiary/aromatic N) is 2. The molecular formula is C21H33N9O5. The third-order valence-electron chi connectivity index (χ3n) is 5.20. The molecule has 2 heterocycles. The van der Waals surface area contributed by atoms with Gasteiger partial charge in [0.15, 0.2) is 0 Å². The Bertz CT molecular complexity index is 947. The van der Waals surface area contributed by atoms with E-state index in [0.717, 1.165) is 0 Å². The van der Waals surface area contributed by atoms with Crippen LogP contribution < -0.4 is 27.4 Å². The summed E-state index contributed by atoms with van der Waals surface area (Å²) in [4.78, 5) is 63.4. The zero-order chi connectivity index (χ0) is 25.8. The highest BCUT2D eigenvalue weighted by Gasteiger charge is 2.30. The van der Waals surface area contributed by atoms with Crippen LogP contribution in [0.4, 0.5) is 0 Å². The van der Waals surface area contributed by atoms with Gasteiger partial charge in [0.05, 0.1) is 18.7 Å². The van der Waals surface area contributed by atoms with E-state index in [4.69, 9.17) is 11.5 Å². The van der Waals surface area contributed by atoms with E-state index in [1.165, 1.54) is 32.0 Å². The molecule has 0 aromatic carbocycles. The molecule has 0 aliphatic rings. The first-order valence-electron chi connectivity index (χ1n) is 11.2. The molecule has 3 amide bonds. The molecule has 2 aromatic rings. The van der Waals surface area contributed by atoms with Crippen LogP contribution in [0.1, 0.15) is 37.6 Å². The number of unbranched alkanes of at least 4 members (excludes halogenated alkanes) is 1. The first-order chi connectivity index (χ1) is 16.7. The zero-order valence-corrected chi connectivity index (χ0v) is 19.5. The van der Waals surface area contributed by atoms with Gasteiger partial charge in [0.25, 0.3) is 0 Å². The van der Waals surface area contributed by atoms with Gasteiger partial charge in [-0.25, -0.2) is 14.8 Å². The Hall–Kier alpha value is -3.78. The predicted molar refractivity (Wildman–Crippen MR) is 125 cm³/mol. The smallest absolute Gasteiger partial charge is 0.326 e. The van der Waals surface area contributed by atoms with Gasteiger partial charge in [0.1, 0.15) is 18.1 Å². The van der Waals surface area contributed by atoms with Crippen molar-refractivity contribution in [2.45, 2.75) is 63.2 Å². The van der Waals surface area contributed by atoms with Gasteiger partial charge in [-0.3, -0.25) is 14.4 Å². The van der Waals surface area contributed by atoms with Gasteiger partial charge in [0, 0.05) is 36.6 Å². The molecule has 0 radical (unpaired) electrons. The molecule has 192 valence electrons. The Morgan fingerprint density at radius 1 is 0.886 bits per heavy atom. The number of aliphatic carboxylic acids is 1. The predicted octanol–water partition coefficient (Wildman–Crippen LogP) is -2.07.